The van der Waals surface area contributed by atoms with E-state index in [0.717, 1.165) is 38.5 Å². The number of aryl methyl sites for hydroxylation is 1. The van der Waals surface area contributed by atoms with Gasteiger partial charge in [-0.05, 0) is 62.5 Å². The van der Waals surface area contributed by atoms with Crippen LogP contribution in [0, 0.1) is 6.92 Å². The quantitative estimate of drug-likeness (QED) is 0.281. The molecule has 1 aromatic carbocycles. The summed E-state index contributed by atoms with van der Waals surface area (Å²) in [5, 5.41) is 0. The van der Waals surface area contributed by atoms with Crippen molar-refractivity contribution in [3.05, 3.63) is 59.2 Å². The van der Waals surface area contributed by atoms with Gasteiger partial charge in [-0.3, -0.25) is 4.79 Å². The maximum atomic E-state index is 12.2. The zero-order valence-electron chi connectivity index (χ0n) is 17.6. The average molecular weight is 355 g/mol. The zero-order valence-corrected chi connectivity index (χ0v) is 17.6. The maximum Gasteiger partial charge on any atom is 0.132 e. The summed E-state index contributed by atoms with van der Waals surface area (Å²) >= 11 is 0. The van der Waals surface area contributed by atoms with Crippen LogP contribution in [-0.4, -0.2) is 5.78 Å². The van der Waals surface area contributed by atoms with Crippen molar-refractivity contribution in [1.82, 2.24) is 0 Å². The van der Waals surface area contributed by atoms with E-state index in [0.29, 0.717) is 12.2 Å². The number of hydrogen-bond acceptors (Lipinski definition) is 1. The van der Waals surface area contributed by atoms with E-state index in [1.807, 2.05) is 0 Å². The lowest BCUT2D eigenvalue weighted by Gasteiger charge is -2.27. The highest BCUT2D eigenvalue weighted by molar-refractivity contribution is 5.78. The van der Waals surface area contributed by atoms with Gasteiger partial charge < -0.3 is 0 Å². The molecule has 0 unspecified atom stereocenters. The average Bonchev–Trinajstić information content (AvgIpc) is 2.59. The summed E-state index contributed by atoms with van der Waals surface area (Å²) in [6, 6.07) is 8.54. The van der Waals surface area contributed by atoms with Crippen molar-refractivity contribution in [2.45, 2.75) is 91.4 Å². The van der Waals surface area contributed by atoms with Crippen LogP contribution in [0.1, 0.15) is 90.2 Å². The normalized spacial score (nSPS) is 12.7. The van der Waals surface area contributed by atoms with E-state index in [1.54, 1.807) is 0 Å². The van der Waals surface area contributed by atoms with Gasteiger partial charge in [0.1, 0.15) is 5.78 Å². The van der Waals surface area contributed by atoms with Gasteiger partial charge in [-0.2, -0.15) is 0 Å². The predicted octanol–water partition coefficient (Wildman–Crippen LogP) is 7.48. The van der Waals surface area contributed by atoms with Crippen LogP contribution < -0.4 is 0 Å². The Balaban J connectivity index is 2.23. The molecule has 1 nitrogen and oxygen atoms in total. The number of ketones is 1. The van der Waals surface area contributed by atoms with Crippen LogP contribution in [0.3, 0.4) is 0 Å². The minimum Gasteiger partial charge on any atom is -0.300 e. The molecule has 1 rings (SSSR count). The Morgan fingerprint density at radius 3 is 2.50 bits per heavy atom. The van der Waals surface area contributed by atoms with E-state index in [4.69, 9.17) is 0 Å². The molecule has 0 radical (unpaired) electrons. The third kappa shape index (κ3) is 8.65. The van der Waals surface area contributed by atoms with Crippen molar-refractivity contribution >= 4 is 5.78 Å². The zero-order chi connectivity index (χ0) is 19.4. The minimum absolute atomic E-state index is 0.0651. The number of carbonyl (C=O) groups excluding carboxylic acids is 1. The van der Waals surface area contributed by atoms with Crippen molar-refractivity contribution in [2.75, 3.05) is 0 Å². The summed E-state index contributed by atoms with van der Waals surface area (Å²) in [6.45, 7) is 11.0. The van der Waals surface area contributed by atoms with E-state index in [-0.39, 0.29) is 5.41 Å². The molecule has 0 aliphatic rings. The van der Waals surface area contributed by atoms with Crippen molar-refractivity contribution in [3.8, 4) is 0 Å². The molecule has 0 spiro atoms. The fourth-order valence-electron chi connectivity index (χ4n) is 3.46. The first-order valence-electron chi connectivity index (χ1n) is 10.3. The molecule has 0 aliphatic carbocycles. The molecule has 144 valence electrons. The molecule has 0 aromatic heterocycles. The second kappa shape index (κ2) is 11.9. The van der Waals surface area contributed by atoms with Gasteiger partial charge in [-0.15, -0.1) is 0 Å². The lowest BCUT2D eigenvalue weighted by atomic mass is 9.78. The van der Waals surface area contributed by atoms with Gasteiger partial charge >= 0.3 is 0 Å². The topological polar surface area (TPSA) is 17.1 Å². The second-order valence-electron chi connectivity index (χ2n) is 8.10. The molecule has 0 bridgehead atoms. The molecule has 0 saturated carbocycles. The second-order valence-corrected chi connectivity index (χ2v) is 8.10. The maximum absolute atomic E-state index is 12.2. The summed E-state index contributed by atoms with van der Waals surface area (Å²) in [6.07, 6.45) is 14.6. The van der Waals surface area contributed by atoms with Gasteiger partial charge in [0, 0.05) is 12.8 Å². The molecule has 1 aromatic rings. The number of rotatable bonds is 12. The highest BCUT2D eigenvalue weighted by Gasteiger charge is 2.22. The molecular formula is C25H38O. The summed E-state index contributed by atoms with van der Waals surface area (Å²) in [5.74, 6) is 0.420. The van der Waals surface area contributed by atoms with Crippen LogP contribution in [0.25, 0.3) is 0 Å². The van der Waals surface area contributed by atoms with Crippen molar-refractivity contribution < 1.29 is 4.79 Å². The van der Waals surface area contributed by atoms with Crippen LogP contribution in [0.4, 0.5) is 0 Å². The number of unbranched alkanes of at least 4 members (excludes halogenated alkanes) is 3. The Labute approximate surface area is 161 Å². The number of carbonyl (C=O) groups is 1. The van der Waals surface area contributed by atoms with Crippen LogP contribution >= 0.6 is 0 Å². The Morgan fingerprint density at radius 2 is 1.81 bits per heavy atom. The van der Waals surface area contributed by atoms with Crippen molar-refractivity contribution in [1.29, 1.82) is 0 Å². The minimum atomic E-state index is 0.0651. The highest BCUT2D eigenvalue weighted by Crippen LogP contribution is 2.31. The van der Waals surface area contributed by atoms with Gasteiger partial charge in [0.15, 0.2) is 0 Å². The first-order chi connectivity index (χ1) is 12.4. The third-order valence-corrected chi connectivity index (χ3v) is 5.14. The molecular weight excluding hydrogens is 316 g/mol. The van der Waals surface area contributed by atoms with E-state index in [2.05, 4.69) is 77.1 Å². The first-order valence-corrected chi connectivity index (χ1v) is 10.3. The fraction of sp³-hybridized carbons (Fsp3) is 0.560. The SMILES string of the molecule is CC/C=C(C)\C=C/CCCCCC(=O)CCC(C)(C)c1ccccc1C. The molecule has 1 heteroatoms. The summed E-state index contributed by atoms with van der Waals surface area (Å²) in [4.78, 5) is 12.2. The van der Waals surface area contributed by atoms with Gasteiger partial charge in [-0.1, -0.05) is 75.3 Å². The van der Waals surface area contributed by atoms with Gasteiger partial charge in [0.25, 0.3) is 0 Å². The van der Waals surface area contributed by atoms with Crippen LogP contribution in [-0.2, 0) is 10.2 Å². The number of hydrogen-bond donors (Lipinski definition) is 0. The summed E-state index contributed by atoms with van der Waals surface area (Å²) < 4.78 is 0. The Morgan fingerprint density at radius 1 is 1.08 bits per heavy atom. The Hall–Kier alpha value is -1.63. The Bertz CT molecular complexity index is 604. The number of benzene rings is 1. The van der Waals surface area contributed by atoms with Gasteiger partial charge in [0.2, 0.25) is 0 Å². The van der Waals surface area contributed by atoms with Crippen LogP contribution in [0.15, 0.2) is 48.1 Å². The van der Waals surface area contributed by atoms with E-state index in [1.165, 1.54) is 23.1 Å². The predicted molar refractivity (Wildman–Crippen MR) is 115 cm³/mol. The third-order valence-electron chi connectivity index (χ3n) is 5.14. The molecule has 26 heavy (non-hydrogen) atoms. The molecule has 0 saturated heterocycles. The lowest BCUT2D eigenvalue weighted by Crippen LogP contribution is -2.20. The van der Waals surface area contributed by atoms with Crippen LogP contribution in [0.5, 0.6) is 0 Å². The van der Waals surface area contributed by atoms with E-state index < -0.39 is 0 Å². The molecule has 0 aliphatic heterocycles. The molecule has 0 fully saturated rings. The Kier molecular flexibility index (Phi) is 10.2. The van der Waals surface area contributed by atoms with E-state index in [9.17, 15) is 4.79 Å². The number of Topliss-reactive ketones (excluding diaryl/α,β-unsaturated/α-hetero) is 1. The number of allylic oxidation sites excluding steroid dienone is 4. The monoisotopic (exact) mass is 354 g/mol. The van der Waals surface area contributed by atoms with Gasteiger partial charge in [0.05, 0.1) is 0 Å². The smallest absolute Gasteiger partial charge is 0.132 e. The van der Waals surface area contributed by atoms with E-state index >= 15 is 0 Å². The molecule has 0 N–H and O–H groups in total. The molecule has 0 amide bonds. The first kappa shape index (κ1) is 22.4. The molecule has 0 heterocycles. The van der Waals surface area contributed by atoms with Gasteiger partial charge in [-0.25, -0.2) is 0 Å². The fourth-order valence-corrected chi connectivity index (χ4v) is 3.46. The van der Waals surface area contributed by atoms with Crippen molar-refractivity contribution in [2.24, 2.45) is 0 Å². The van der Waals surface area contributed by atoms with Crippen LogP contribution in [0.2, 0.25) is 0 Å². The lowest BCUT2D eigenvalue weighted by molar-refractivity contribution is -0.119. The van der Waals surface area contributed by atoms with Crippen molar-refractivity contribution in [3.63, 3.8) is 0 Å². The largest absolute Gasteiger partial charge is 0.300 e. The molecule has 0 atom stereocenters. The standard InChI is InChI=1S/C25H38O/c1-6-14-21(2)15-10-8-7-9-11-17-23(26)19-20-25(4,5)24-18-13-12-16-22(24)3/h10,12-16,18H,6-9,11,17,19-20H2,1-5H3/b15-10-,21-14-. The summed E-state index contributed by atoms with van der Waals surface area (Å²) in [7, 11) is 0. The summed E-state index contributed by atoms with van der Waals surface area (Å²) in [5.41, 5.74) is 4.10. The highest BCUT2D eigenvalue weighted by atomic mass is 16.1.